The van der Waals surface area contributed by atoms with Gasteiger partial charge in [-0.15, -0.1) is 0 Å². The van der Waals surface area contributed by atoms with E-state index in [9.17, 15) is 9.59 Å². The van der Waals surface area contributed by atoms with Crippen molar-refractivity contribution in [2.24, 2.45) is 0 Å². The Bertz CT molecular complexity index is 995. The van der Waals surface area contributed by atoms with Crippen molar-refractivity contribution in [2.75, 3.05) is 18.0 Å². The highest BCUT2D eigenvalue weighted by atomic mass is 16.5. The van der Waals surface area contributed by atoms with Crippen molar-refractivity contribution in [1.29, 1.82) is 0 Å². The van der Waals surface area contributed by atoms with E-state index < -0.39 is 0 Å². The number of carbonyl (C=O) groups excluding carboxylic acids is 2. The lowest BCUT2D eigenvalue weighted by Crippen LogP contribution is -2.57. The number of hydrogen-bond acceptors (Lipinski definition) is 4. The van der Waals surface area contributed by atoms with Gasteiger partial charge in [0.05, 0.1) is 0 Å². The molecule has 1 aliphatic rings. The molecule has 1 saturated heterocycles. The lowest BCUT2D eigenvalue weighted by molar-refractivity contribution is -0.121. The van der Waals surface area contributed by atoms with Crippen molar-refractivity contribution in [2.45, 2.75) is 19.9 Å². The van der Waals surface area contributed by atoms with Crippen LogP contribution in [0.2, 0.25) is 0 Å². The van der Waals surface area contributed by atoms with Gasteiger partial charge < -0.3 is 14.3 Å². The van der Waals surface area contributed by atoms with E-state index >= 15 is 0 Å². The van der Waals surface area contributed by atoms with Gasteiger partial charge in [-0.2, -0.15) is 0 Å². The first-order chi connectivity index (χ1) is 13.5. The minimum Gasteiger partial charge on any atom is -0.350 e. The molecule has 1 atom stereocenters. The van der Waals surface area contributed by atoms with Gasteiger partial charge in [0.15, 0.2) is 0 Å². The van der Waals surface area contributed by atoms with E-state index in [0.29, 0.717) is 12.2 Å². The number of amides is 2. The quantitative estimate of drug-likeness (QED) is 0.702. The monoisotopic (exact) mass is 375 g/mol. The highest BCUT2D eigenvalue weighted by Crippen LogP contribution is 2.24. The highest BCUT2D eigenvalue weighted by Gasteiger charge is 2.35. The average molecular weight is 375 g/mol. The Hall–Kier alpha value is -3.41. The van der Waals surface area contributed by atoms with Gasteiger partial charge in [0, 0.05) is 29.9 Å². The molecule has 0 N–H and O–H groups in total. The summed E-state index contributed by atoms with van der Waals surface area (Å²) in [6.07, 6.45) is 0. The van der Waals surface area contributed by atoms with E-state index in [4.69, 9.17) is 4.52 Å². The van der Waals surface area contributed by atoms with Crippen molar-refractivity contribution in [3.63, 3.8) is 0 Å². The molecule has 2 heterocycles. The Kier molecular flexibility index (Phi) is 4.69. The van der Waals surface area contributed by atoms with Gasteiger partial charge in [-0.3, -0.25) is 9.59 Å². The number of carbonyl (C=O) groups is 2. The second-order valence-corrected chi connectivity index (χ2v) is 7.06. The molecule has 4 rings (SSSR count). The molecule has 1 aromatic heterocycles. The molecule has 1 fully saturated rings. The van der Waals surface area contributed by atoms with Crippen molar-refractivity contribution in [3.05, 3.63) is 72.0 Å². The fourth-order valence-electron chi connectivity index (χ4n) is 3.36. The molecule has 0 aliphatic carbocycles. The number of piperazine rings is 1. The molecule has 0 spiro atoms. The highest BCUT2D eigenvalue weighted by molar-refractivity contribution is 6.01. The third-order valence-electron chi connectivity index (χ3n) is 4.98. The van der Waals surface area contributed by atoms with Gasteiger partial charge in [0.1, 0.15) is 12.2 Å². The fraction of sp³-hybridized carbons (Fsp3) is 0.227. The third kappa shape index (κ3) is 3.41. The molecule has 3 aromatic rings. The summed E-state index contributed by atoms with van der Waals surface area (Å²) in [6, 6.07) is 18.8. The van der Waals surface area contributed by atoms with Crippen LogP contribution in [0.3, 0.4) is 0 Å². The van der Waals surface area contributed by atoms with Crippen LogP contribution in [0.5, 0.6) is 0 Å². The Morgan fingerprint density at radius 2 is 1.82 bits per heavy atom. The Morgan fingerprint density at radius 1 is 1.11 bits per heavy atom. The van der Waals surface area contributed by atoms with Gasteiger partial charge in [-0.25, -0.2) is 0 Å². The first kappa shape index (κ1) is 18.0. The van der Waals surface area contributed by atoms with Crippen molar-refractivity contribution in [3.8, 4) is 11.3 Å². The zero-order valence-electron chi connectivity index (χ0n) is 15.8. The molecular weight excluding hydrogens is 354 g/mol. The maximum Gasteiger partial charge on any atom is 0.293 e. The number of benzene rings is 2. The van der Waals surface area contributed by atoms with Crippen molar-refractivity contribution in [1.82, 2.24) is 10.1 Å². The summed E-state index contributed by atoms with van der Waals surface area (Å²) in [7, 11) is 0. The van der Waals surface area contributed by atoms with Gasteiger partial charge >= 0.3 is 0 Å². The molecule has 28 heavy (non-hydrogen) atoms. The molecule has 1 aliphatic heterocycles. The van der Waals surface area contributed by atoms with Crippen LogP contribution in [0.25, 0.3) is 11.3 Å². The van der Waals surface area contributed by atoms with Crippen LogP contribution < -0.4 is 4.90 Å². The Balaban J connectivity index is 1.51. The van der Waals surface area contributed by atoms with E-state index in [1.54, 1.807) is 15.9 Å². The lowest BCUT2D eigenvalue weighted by Gasteiger charge is -2.38. The largest absolute Gasteiger partial charge is 0.350 e. The molecule has 2 aromatic carbocycles. The summed E-state index contributed by atoms with van der Waals surface area (Å²) in [5, 5.41) is 4.00. The zero-order chi connectivity index (χ0) is 19.7. The number of aryl methyl sites for hydroxylation is 1. The maximum absolute atomic E-state index is 12.9. The first-order valence-corrected chi connectivity index (χ1v) is 9.23. The summed E-state index contributed by atoms with van der Waals surface area (Å²) in [6.45, 7) is 4.38. The summed E-state index contributed by atoms with van der Waals surface area (Å²) < 4.78 is 5.28. The van der Waals surface area contributed by atoms with Crippen LogP contribution in [0.15, 0.2) is 65.2 Å². The van der Waals surface area contributed by atoms with E-state index in [-0.39, 0.29) is 30.2 Å². The molecule has 2 amide bonds. The topological polar surface area (TPSA) is 66.7 Å². The summed E-state index contributed by atoms with van der Waals surface area (Å²) in [5.41, 5.74) is 3.46. The van der Waals surface area contributed by atoms with E-state index in [0.717, 1.165) is 16.8 Å². The second-order valence-electron chi connectivity index (χ2n) is 7.06. The number of nitrogens with zero attached hydrogens (tertiary/aromatic N) is 3. The SMILES string of the molecule is Cc1ccc(N2C[C@@H](C)N(C(=O)c3cc(-c4ccccc4)no3)CC2=O)cc1. The standard InChI is InChI=1S/C22H21N3O3/c1-15-8-10-18(11-9-15)25-13-16(2)24(14-21(25)26)22(27)20-12-19(23-28-20)17-6-4-3-5-7-17/h3-12,16H,13-14H2,1-2H3/t16-/m1/s1. The molecule has 6 nitrogen and oxygen atoms in total. The second kappa shape index (κ2) is 7.31. The minimum absolute atomic E-state index is 0.00917. The normalized spacial score (nSPS) is 17.1. The fourth-order valence-corrected chi connectivity index (χ4v) is 3.36. The predicted molar refractivity (Wildman–Crippen MR) is 106 cm³/mol. The molecule has 0 unspecified atom stereocenters. The van der Waals surface area contributed by atoms with Gasteiger partial charge in [0.2, 0.25) is 11.7 Å². The molecule has 0 saturated carbocycles. The maximum atomic E-state index is 12.9. The molecule has 6 heteroatoms. The lowest BCUT2D eigenvalue weighted by atomic mass is 10.1. The van der Waals surface area contributed by atoms with E-state index in [1.165, 1.54) is 0 Å². The van der Waals surface area contributed by atoms with Crippen LogP contribution in [-0.4, -0.2) is 41.0 Å². The van der Waals surface area contributed by atoms with Crippen molar-refractivity contribution < 1.29 is 14.1 Å². The average Bonchev–Trinajstić information content (AvgIpc) is 3.21. The predicted octanol–water partition coefficient (Wildman–Crippen LogP) is 3.53. The summed E-state index contributed by atoms with van der Waals surface area (Å²) in [5.74, 6) is -0.292. The minimum atomic E-state index is -0.320. The number of anilines is 1. The number of hydrogen-bond donors (Lipinski definition) is 0. The first-order valence-electron chi connectivity index (χ1n) is 9.23. The van der Waals surface area contributed by atoms with E-state index in [1.807, 2.05) is 68.4 Å². The van der Waals surface area contributed by atoms with Crippen molar-refractivity contribution >= 4 is 17.5 Å². The van der Waals surface area contributed by atoms with Crippen LogP contribution in [0.1, 0.15) is 23.0 Å². The number of aromatic nitrogens is 1. The van der Waals surface area contributed by atoms with Crippen LogP contribution in [0, 0.1) is 6.92 Å². The van der Waals surface area contributed by atoms with Crippen LogP contribution in [0.4, 0.5) is 5.69 Å². The van der Waals surface area contributed by atoms with Gasteiger partial charge in [0.25, 0.3) is 5.91 Å². The molecule has 142 valence electrons. The van der Waals surface area contributed by atoms with Crippen LogP contribution in [-0.2, 0) is 4.79 Å². The molecule has 0 radical (unpaired) electrons. The smallest absolute Gasteiger partial charge is 0.293 e. The van der Waals surface area contributed by atoms with Crippen LogP contribution >= 0.6 is 0 Å². The Labute approximate surface area is 163 Å². The van der Waals surface area contributed by atoms with E-state index in [2.05, 4.69) is 5.16 Å². The summed E-state index contributed by atoms with van der Waals surface area (Å²) in [4.78, 5) is 28.9. The molecular formula is C22H21N3O3. The third-order valence-corrected chi connectivity index (χ3v) is 4.98. The molecule has 0 bridgehead atoms. The zero-order valence-corrected chi connectivity index (χ0v) is 15.8. The van der Waals surface area contributed by atoms with Gasteiger partial charge in [-0.1, -0.05) is 53.2 Å². The van der Waals surface area contributed by atoms with Gasteiger partial charge in [-0.05, 0) is 26.0 Å². The Morgan fingerprint density at radius 3 is 2.54 bits per heavy atom. The summed E-state index contributed by atoms with van der Waals surface area (Å²) >= 11 is 0. The number of rotatable bonds is 3.